The van der Waals surface area contributed by atoms with Gasteiger partial charge in [-0.2, -0.15) is 5.10 Å². The van der Waals surface area contributed by atoms with Gasteiger partial charge in [-0.1, -0.05) is 20.8 Å². The van der Waals surface area contributed by atoms with Crippen LogP contribution < -0.4 is 5.32 Å². The van der Waals surface area contributed by atoms with Gasteiger partial charge in [0, 0.05) is 31.1 Å². The summed E-state index contributed by atoms with van der Waals surface area (Å²) in [5.74, 6) is 0.350. The summed E-state index contributed by atoms with van der Waals surface area (Å²) in [7, 11) is 0. The summed E-state index contributed by atoms with van der Waals surface area (Å²) in [6, 6.07) is 2.06. The molecule has 0 aliphatic rings. The summed E-state index contributed by atoms with van der Waals surface area (Å²) >= 11 is 0. The second-order valence-electron chi connectivity index (χ2n) is 4.65. The van der Waals surface area contributed by atoms with Crippen LogP contribution in [0.25, 0.3) is 0 Å². The zero-order chi connectivity index (χ0) is 13.5. The Hall–Kier alpha value is -1.16. The second-order valence-corrected chi connectivity index (χ2v) is 4.65. The number of nitrogens with zero attached hydrogens (tertiary/aromatic N) is 2. The van der Waals surface area contributed by atoms with Crippen LogP contribution >= 0.6 is 0 Å². The summed E-state index contributed by atoms with van der Waals surface area (Å²) < 4.78 is 1.94. The van der Waals surface area contributed by atoms with Crippen LogP contribution in [0.3, 0.4) is 0 Å². The number of rotatable bonds is 8. The van der Waals surface area contributed by atoms with Gasteiger partial charge in [0.25, 0.3) is 0 Å². The van der Waals surface area contributed by atoms with Crippen molar-refractivity contribution in [3.63, 3.8) is 0 Å². The van der Waals surface area contributed by atoms with Gasteiger partial charge in [0.15, 0.2) is 0 Å². The molecule has 4 nitrogen and oxygen atoms in total. The first-order chi connectivity index (χ1) is 8.62. The lowest BCUT2D eigenvalue weighted by Crippen LogP contribution is -2.27. The van der Waals surface area contributed by atoms with Crippen molar-refractivity contribution < 1.29 is 4.79 Å². The summed E-state index contributed by atoms with van der Waals surface area (Å²) in [6.45, 7) is 10.7. The minimum Gasteiger partial charge on any atom is -0.316 e. The van der Waals surface area contributed by atoms with Crippen molar-refractivity contribution in [3.8, 4) is 0 Å². The van der Waals surface area contributed by atoms with Gasteiger partial charge in [-0.25, -0.2) is 0 Å². The van der Waals surface area contributed by atoms with Crippen LogP contribution in [0.15, 0.2) is 6.07 Å². The largest absolute Gasteiger partial charge is 0.316 e. The van der Waals surface area contributed by atoms with Crippen LogP contribution in [0.2, 0.25) is 0 Å². The molecule has 0 aliphatic heterocycles. The first-order valence-electron chi connectivity index (χ1n) is 6.91. The average Bonchev–Trinajstić information content (AvgIpc) is 2.77. The number of carbonyl (C=O) groups is 1. The quantitative estimate of drug-likeness (QED) is 0.766. The van der Waals surface area contributed by atoms with Crippen molar-refractivity contribution >= 4 is 5.78 Å². The normalized spacial score (nSPS) is 12.7. The van der Waals surface area contributed by atoms with Crippen LogP contribution in [0.4, 0.5) is 0 Å². The van der Waals surface area contributed by atoms with E-state index in [1.807, 2.05) is 11.6 Å². The molecule has 0 radical (unpaired) electrons. The van der Waals surface area contributed by atoms with Crippen LogP contribution in [0, 0.1) is 5.92 Å². The Morgan fingerprint density at radius 2 is 2.17 bits per heavy atom. The molecule has 0 saturated heterocycles. The zero-order valence-corrected chi connectivity index (χ0v) is 12.0. The van der Waals surface area contributed by atoms with Crippen molar-refractivity contribution in [1.29, 1.82) is 0 Å². The average molecular weight is 251 g/mol. The topological polar surface area (TPSA) is 46.9 Å². The zero-order valence-electron chi connectivity index (χ0n) is 12.0. The standard InChI is InChI=1S/C14H25N3O/c1-5-12-8-13(17(7-3)16-12)9-14(18)11(4)10-15-6-2/h8,11,15H,5-7,9-10H2,1-4H3. The Morgan fingerprint density at radius 1 is 1.44 bits per heavy atom. The van der Waals surface area contributed by atoms with Crippen LogP contribution in [0.1, 0.15) is 39.1 Å². The minimum absolute atomic E-state index is 0.0650. The Kier molecular flexibility index (Phi) is 6.05. The van der Waals surface area contributed by atoms with E-state index in [1.54, 1.807) is 0 Å². The Morgan fingerprint density at radius 3 is 2.72 bits per heavy atom. The van der Waals surface area contributed by atoms with Gasteiger partial charge in [0.1, 0.15) is 5.78 Å². The maximum atomic E-state index is 12.1. The fraction of sp³-hybridized carbons (Fsp3) is 0.714. The molecule has 1 unspecified atom stereocenters. The summed E-state index contributed by atoms with van der Waals surface area (Å²) in [6.07, 6.45) is 1.41. The summed E-state index contributed by atoms with van der Waals surface area (Å²) in [5, 5.41) is 7.69. The molecule has 18 heavy (non-hydrogen) atoms. The second kappa shape index (κ2) is 7.31. The van der Waals surface area contributed by atoms with Gasteiger partial charge in [-0.3, -0.25) is 9.48 Å². The number of ketones is 1. The third-order valence-electron chi connectivity index (χ3n) is 3.18. The van der Waals surface area contributed by atoms with E-state index in [2.05, 4.69) is 37.3 Å². The minimum atomic E-state index is 0.0650. The maximum Gasteiger partial charge on any atom is 0.142 e. The smallest absolute Gasteiger partial charge is 0.142 e. The molecular formula is C14H25N3O. The number of hydrogen-bond acceptors (Lipinski definition) is 3. The third kappa shape index (κ3) is 3.95. The molecule has 0 fully saturated rings. The molecule has 0 amide bonds. The molecule has 0 bridgehead atoms. The lowest BCUT2D eigenvalue weighted by Gasteiger charge is -2.11. The highest BCUT2D eigenvalue weighted by atomic mass is 16.1. The molecule has 1 aromatic heterocycles. The van der Waals surface area contributed by atoms with Crippen molar-refractivity contribution in [2.75, 3.05) is 13.1 Å². The third-order valence-corrected chi connectivity index (χ3v) is 3.18. The van der Waals surface area contributed by atoms with E-state index in [0.717, 1.165) is 37.4 Å². The number of nitrogens with one attached hydrogen (secondary N) is 1. The van der Waals surface area contributed by atoms with Crippen LogP contribution in [-0.2, 0) is 24.2 Å². The molecule has 0 aliphatic carbocycles. The lowest BCUT2D eigenvalue weighted by atomic mass is 10.0. The maximum absolute atomic E-state index is 12.1. The molecule has 1 N–H and O–H groups in total. The monoisotopic (exact) mass is 251 g/mol. The number of hydrogen-bond donors (Lipinski definition) is 1. The summed E-state index contributed by atoms with van der Waals surface area (Å²) in [5.41, 5.74) is 2.11. The highest BCUT2D eigenvalue weighted by molar-refractivity contribution is 5.82. The first-order valence-corrected chi connectivity index (χ1v) is 6.91. The van der Waals surface area contributed by atoms with Crippen molar-refractivity contribution in [2.24, 2.45) is 5.92 Å². The molecule has 0 spiro atoms. The Labute approximate surface area is 110 Å². The van der Waals surface area contributed by atoms with E-state index in [-0.39, 0.29) is 11.7 Å². The van der Waals surface area contributed by atoms with Crippen molar-refractivity contribution in [3.05, 3.63) is 17.5 Å². The van der Waals surface area contributed by atoms with E-state index in [9.17, 15) is 4.79 Å². The van der Waals surface area contributed by atoms with E-state index >= 15 is 0 Å². The molecule has 4 heteroatoms. The molecule has 1 aromatic rings. The number of Topliss-reactive ketones (excluding diaryl/α,β-unsaturated/α-hetero) is 1. The molecule has 1 atom stereocenters. The van der Waals surface area contributed by atoms with E-state index < -0.39 is 0 Å². The summed E-state index contributed by atoms with van der Waals surface area (Å²) in [4.78, 5) is 12.1. The molecule has 1 rings (SSSR count). The number of carbonyl (C=O) groups excluding carboxylic acids is 1. The van der Waals surface area contributed by atoms with E-state index in [0.29, 0.717) is 6.42 Å². The Bertz CT molecular complexity index is 384. The predicted octanol–water partition coefficient (Wildman–Crippen LogP) is 1.82. The van der Waals surface area contributed by atoms with E-state index in [1.165, 1.54) is 0 Å². The highest BCUT2D eigenvalue weighted by Crippen LogP contribution is 2.09. The Balaban J connectivity index is 2.65. The molecule has 1 heterocycles. The van der Waals surface area contributed by atoms with Gasteiger partial charge < -0.3 is 5.32 Å². The first kappa shape index (κ1) is 14.9. The number of aromatic nitrogens is 2. The van der Waals surface area contributed by atoms with Gasteiger partial charge in [0.05, 0.1) is 5.69 Å². The van der Waals surface area contributed by atoms with Crippen LogP contribution in [0.5, 0.6) is 0 Å². The lowest BCUT2D eigenvalue weighted by molar-refractivity contribution is -0.121. The van der Waals surface area contributed by atoms with Gasteiger partial charge in [-0.15, -0.1) is 0 Å². The van der Waals surface area contributed by atoms with E-state index in [4.69, 9.17) is 0 Å². The fourth-order valence-corrected chi connectivity index (χ4v) is 1.93. The molecule has 0 aromatic carbocycles. The molecule has 0 saturated carbocycles. The molecular weight excluding hydrogens is 226 g/mol. The number of aryl methyl sites for hydroxylation is 2. The fourth-order valence-electron chi connectivity index (χ4n) is 1.93. The highest BCUT2D eigenvalue weighted by Gasteiger charge is 2.16. The van der Waals surface area contributed by atoms with Gasteiger partial charge >= 0.3 is 0 Å². The predicted molar refractivity (Wildman–Crippen MR) is 73.7 cm³/mol. The SMILES string of the molecule is CCNCC(C)C(=O)Cc1cc(CC)nn1CC. The molecule has 102 valence electrons. The van der Waals surface area contributed by atoms with Crippen molar-refractivity contribution in [2.45, 2.75) is 47.1 Å². The van der Waals surface area contributed by atoms with Crippen LogP contribution in [-0.4, -0.2) is 28.7 Å². The van der Waals surface area contributed by atoms with Gasteiger partial charge in [0.2, 0.25) is 0 Å². The van der Waals surface area contributed by atoms with Gasteiger partial charge in [-0.05, 0) is 26.0 Å². The van der Waals surface area contributed by atoms with Crippen molar-refractivity contribution in [1.82, 2.24) is 15.1 Å².